The van der Waals surface area contributed by atoms with Crippen molar-refractivity contribution in [3.63, 3.8) is 0 Å². The number of ether oxygens (including phenoxy) is 1. The van der Waals surface area contributed by atoms with Crippen LogP contribution in [0.25, 0.3) is 0 Å². The number of rotatable bonds is 6. The van der Waals surface area contributed by atoms with Crippen LogP contribution in [0.4, 0.5) is 4.79 Å². The Kier molecular flexibility index (Phi) is 6.02. The highest BCUT2D eigenvalue weighted by Crippen LogP contribution is 2.50. The van der Waals surface area contributed by atoms with Gasteiger partial charge in [-0.1, -0.05) is 30.3 Å². The SMILES string of the molecule is COP(=O)(OC)[C@H](C)NC(=O)OCc1ccccc1. The number of amides is 1. The van der Waals surface area contributed by atoms with E-state index in [-0.39, 0.29) is 6.61 Å². The minimum absolute atomic E-state index is 0.143. The van der Waals surface area contributed by atoms with E-state index in [2.05, 4.69) is 5.32 Å². The van der Waals surface area contributed by atoms with Gasteiger partial charge in [0.2, 0.25) is 0 Å². The molecule has 0 radical (unpaired) electrons. The van der Waals surface area contributed by atoms with Crippen LogP contribution in [0, 0.1) is 0 Å². The minimum atomic E-state index is -3.33. The molecule has 1 amide bonds. The summed E-state index contributed by atoms with van der Waals surface area (Å²) in [6.07, 6.45) is -0.675. The molecule has 7 heteroatoms. The predicted octanol–water partition coefficient (Wildman–Crippen LogP) is 2.74. The Balaban J connectivity index is 2.45. The molecule has 1 aromatic carbocycles. The molecule has 1 atom stereocenters. The topological polar surface area (TPSA) is 73.9 Å². The van der Waals surface area contributed by atoms with Crippen LogP contribution in [0.2, 0.25) is 0 Å². The third-order valence-corrected chi connectivity index (χ3v) is 4.62. The van der Waals surface area contributed by atoms with Gasteiger partial charge in [-0.3, -0.25) is 4.57 Å². The number of hydrogen-bond acceptors (Lipinski definition) is 5. The number of nitrogens with one attached hydrogen (secondary N) is 1. The number of alkyl carbamates (subject to hydrolysis) is 1. The third kappa shape index (κ3) is 4.67. The van der Waals surface area contributed by atoms with E-state index < -0.39 is 19.5 Å². The normalized spacial score (nSPS) is 12.8. The van der Waals surface area contributed by atoms with Crippen LogP contribution in [-0.2, 0) is 25.0 Å². The summed E-state index contributed by atoms with van der Waals surface area (Å²) in [5, 5.41) is 2.42. The Hall–Kier alpha value is -1.36. The fourth-order valence-electron chi connectivity index (χ4n) is 1.41. The Morgan fingerprint density at radius 2 is 1.84 bits per heavy atom. The highest BCUT2D eigenvalue weighted by molar-refractivity contribution is 7.54. The molecule has 0 unspecified atom stereocenters. The second kappa shape index (κ2) is 7.28. The lowest BCUT2D eigenvalue weighted by molar-refractivity contribution is 0.137. The van der Waals surface area contributed by atoms with Crippen molar-refractivity contribution in [3.05, 3.63) is 35.9 Å². The first-order valence-electron chi connectivity index (χ1n) is 5.70. The summed E-state index contributed by atoms with van der Waals surface area (Å²) in [7, 11) is -0.810. The molecule has 6 nitrogen and oxygen atoms in total. The maximum absolute atomic E-state index is 11.9. The van der Waals surface area contributed by atoms with Gasteiger partial charge >= 0.3 is 13.7 Å². The molecule has 0 spiro atoms. The van der Waals surface area contributed by atoms with Gasteiger partial charge in [-0.2, -0.15) is 0 Å². The van der Waals surface area contributed by atoms with E-state index in [0.29, 0.717) is 0 Å². The van der Waals surface area contributed by atoms with Crippen molar-refractivity contribution in [2.45, 2.75) is 19.3 Å². The maximum Gasteiger partial charge on any atom is 0.408 e. The molecule has 0 bridgehead atoms. The van der Waals surface area contributed by atoms with Crippen molar-refractivity contribution < 1.29 is 23.1 Å². The predicted molar refractivity (Wildman–Crippen MR) is 70.8 cm³/mol. The summed E-state index contributed by atoms with van der Waals surface area (Å²) in [5.74, 6) is -0.786. The first-order chi connectivity index (χ1) is 9.01. The zero-order chi connectivity index (χ0) is 14.3. The third-order valence-electron chi connectivity index (χ3n) is 2.52. The van der Waals surface area contributed by atoms with Crippen molar-refractivity contribution in [3.8, 4) is 0 Å². The number of carbonyl (C=O) groups is 1. The molecule has 0 aliphatic carbocycles. The van der Waals surface area contributed by atoms with Crippen molar-refractivity contribution >= 4 is 13.7 Å². The van der Waals surface area contributed by atoms with Gasteiger partial charge in [0.05, 0.1) is 0 Å². The summed E-state index contributed by atoms with van der Waals surface area (Å²) >= 11 is 0. The lowest BCUT2D eigenvalue weighted by atomic mass is 10.2. The molecular weight excluding hydrogens is 269 g/mol. The number of benzene rings is 1. The summed E-state index contributed by atoms with van der Waals surface area (Å²) in [6.45, 7) is 1.67. The van der Waals surface area contributed by atoms with Crippen LogP contribution in [0.1, 0.15) is 12.5 Å². The van der Waals surface area contributed by atoms with Gasteiger partial charge in [0.1, 0.15) is 12.4 Å². The second-order valence-electron chi connectivity index (χ2n) is 3.79. The molecule has 0 aromatic heterocycles. The van der Waals surface area contributed by atoms with Gasteiger partial charge in [-0.25, -0.2) is 4.79 Å². The fourth-order valence-corrected chi connectivity index (χ4v) is 2.45. The van der Waals surface area contributed by atoms with Gasteiger partial charge in [0, 0.05) is 14.2 Å². The van der Waals surface area contributed by atoms with Crippen molar-refractivity contribution in [1.29, 1.82) is 0 Å². The monoisotopic (exact) mass is 287 g/mol. The summed E-state index contributed by atoms with van der Waals surface area (Å²) in [4.78, 5) is 11.5. The highest BCUT2D eigenvalue weighted by atomic mass is 31.2. The molecule has 0 heterocycles. The molecule has 0 aliphatic rings. The smallest absolute Gasteiger partial charge is 0.408 e. The second-order valence-corrected chi connectivity index (χ2v) is 6.37. The molecule has 1 rings (SSSR count). The molecule has 0 saturated heterocycles. The minimum Gasteiger partial charge on any atom is -0.445 e. The van der Waals surface area contributed by atoms with E-state index in [1.165, 1.54) is 21.1 Å². The quantitative estimate of drug-likeness (QED) is 0.814. The van der Waals surface area contributed by atoms with Crippen molar-refractivity contribution in [2.75, 3.05) is 14.2 Å². The van der Waals surface area contributed by atoms with E-state index in [1.54, 1.807) is 0 Å². The number of carbonyl (C=O) groups excluding carboxylic acids is 1. The van der Waals surface area contributed by atoms with Crippen LogP contribution >= 0.6 is 7.60 Å². The summed E-state index contributed by atoms with van der Waals surface area (Å²) in [6, 6.07) is 9.25. The van der Waals surface area contributed by atoms with Gasteiger partial charge < -0.3 is 19.1 Å². The Bertz CT molecular complexity index is 443. The fraction of sp³-hybridized carbons (Fsp3) is 0.417. The van der Waals surface area contributed by atoms with E-state index in [9.17, 15) is 9.36 Å². The van der Waals surface area contributed by atoms with Gasteiger partial charge in [-0.15, -0.1) is 0 Å². The maximum atomic E-state index is 11.9. The molecule has 0 saturated carbocycles. The number of hydrogen-bond donors (Lipinski definition) is 1. The van der Waals surface area contributed by atoms with Crippen LogP contribution in [0.5, 0.6) is 0 Å². The average Bonchev–Trinajstić information content (AvgIpc) is 2.45. The van der Waals surface area contributed by atoms with Crippen LogP contribution in [0.15, 0.2) is 30.3 Å². The standard InChI is InChI=1S/C12H18NO5P/c1-10(19(15,16-2)17-3)13-12(14)18-9-11-7-5-4-6-8-11/h4-8,10H,9H2,1-3H3,(H,13,14)/t10-/m1/s1. The molecule has 0 fully saturated rings. The Morgan fingerprint density at radius 1 is 1.26 bits per heavy atom. The summed E-state index contributed by atoms with van der Waals surface area (Å²) < 4.78 is 26.5. The van der Waals surface area contributed by atoms with Crippen LogP contribution in [0.3, 0.4) is 0 Å². The molecule has 106 valence electrons. The first-order valence-corrected chi connectivity index (χ1v) is 7.31. The van der Waals surface area contributed by atoms with E-state index in [1.807, 2.05) is 30.3 Å². The Morgan fingerprint density at radius 3 is 2.37 bits per heavy atom. The lowest BCUT2D eigenvalue weighted by Gasteiger charge is -2.21. The Labute approximate surface area is 112 Å². The largest absolute Gasteiger partial charge is 0.445 e. The molecule has 1 N–H and O–H groups in total. The zero-order valence-electron chi connectivity index (χ0n) is 11.2. The van der Waals surface area contributed by atoms with Crippen LogP contribution < -0.4 is 5.32 Å². The van der Waals surface area contributed by atoms with Crippen molar-refractivity contribution in [2.24, 2.45) is 0 Å². The van der Waals surface area contributed by atoms with E-state index in [4.69, 9.17) is 13.8 Å². The van der Waals surface area contributed by atoms with E-state index in [0.717, 1.165) is 5.56 Å². The molecular formula is C12H18NO5P. The lowest BCUT2D eigenvalue weighted by Crippen LogP contribution is -2.33. The van der Waals surface area contributed by atoms with Crippen molar-refractivity contribution in [1.82, 2.24) is 5.32 Å². The first kappa shape index (κ1) is 15.7. The molecule has 1 aromatic rings. The van der Waals surface area contributed by atoms with Gasteiger partial charge in [0.25, 0.3) is 0 Å². The van der Waals surface area contributed by atoms with Gasteiger partial charge in [-0.05, 0) is 12.5 Å². The highest BCUT2D eigenvalue weighted by Gasteiger charge is 2.31. The molecule has 19 heavy (non-hydrogen) atoms. The zero-order valence-corrected chi connectivity index (χ0v) is 12.1. The van der Waals surface area contributed by atoms with Crippen LogP contribution in [-0.4, -0.2) is 26.1 Å². The molecule has 0 aliphatic heterocycles. The van der Waals surface area contributed by atoms with E-state index >= 15 is 0 Å². The average molecular weight is 287 g/mol. The van der Waals surface area contributed by atoms with Gasteiger partial charge in [0.15, 0.2) is 0 Å². The summed E-state index contributed by atoms with van der Waals surface area (Å²) in [5.41, 5.74) is 0.868.